The second-order valence-electron chi connectivity index (χ2n) is 5.38. The molecule has 0 bridgehead atoms. The summed E-state index contributed by atoms with van der Waals surface area (Å²) in [5, 5.41) is 6.89. The van der Waals surface area contributed by atoms with Gasteiger partial charge in [-0.1, -0.05) is 47.7 Å². The Morgan fingerprint density at radius 1 is 1.14 bits per heavy atom. The molecule has 1 aliphatic heterocycles. The largest absolute Gasteiger partial charge is 0.301 e. The van der Waals surface area contributed by atoms with Crippen LogP contribution >= 0.6 is 11.3 Å². The van der Waals surface area contributed by atoms with E-state index in [9.17, 15) is 4.79 Å². The van der Waals surface area contributed by atoms with Gasteiger partial charge in [0.15, 0.2) is 5.13 Å². The van der Waals surface area contributed by atoms with Crippen molar-refractivity contribution < 1.29 is 4.79 Å². The maximum atomic E-state index is 12.4. The zero-order valence-corrected chi connectivity index (χ0v) is 12.7. The van der Waals surface area contributed by atoms with Crippen molar-refractivity contribution in [1.82, 2.24) is 10.3 Å². The maximum absolute atomic E-state index is 12.4. The lowest BCUT2D eigenvalue weighted by Gasteiger charge is -2.24. The number of fused-ring (bicyclic) bond motifs is 2. The van der Waals surface area contributed by atoms with Crippen molar-refractivity contribution in [2.45, 2.75) is 19.0 Å². The first-order valence-corrected chi connectivity index (χ1v) is 8.08. The minimum absolute atomic E-state index is 0.0199. The third-order valence-corrected chi connectivity index (χ3v) is 4.87. The molecule has 5 heteroatoms. The number of anilines is 1. The highest BCUT2D eigenvalue weighted by Gasteiger charge is 2.24. The van der Waals surface area contributed by atoms with E-state index in [1.165, 1.54) is 22.5 Å². The average molecular weight is 309 g/mol. The second kappa shape index (κ2) is 5.51. The Kier molecular flexibility index (Phi) is 3.36. The van der Waals surface area contributed by atoms with E-state index in [1.807, 2.05) is 36.4 Å². The van der Waals surface area contributed by atoms with Crippen LogP contribution in [0.1, 0.15) is 11.1 Å². The Hall–Kier alpha value is -2.24. The van der Waals surface area contributed by atoms with E-state index < -0.39 is 0 Å². The van der Waals surface area contributed by atoms with Crippen LogP contribution in [0.4, 0.5) is 5.13 Å². The van der Waals surface area contributed by atoms with Gasteiger partial charge in [-0.25, -0.2) is 4.98 Å². The molecule has 2 heterocycles. The minimum atomic E-state index is -0.207. The Morgan fingerprint density at radius 2 is 1.91 bits per heavy atom. The average Bonchev–Trinajstić information content (AvgIpc) is 2.96. The number of thiazole rings is 1. The van der Waals surface area contributed by atoms with Crippen molar-refractivity contribution in [3.8, 4) is 0 Å². The molecule has 1 aromatic heterocycles. The predicted molar refractivity (Wildman–Crippen MR) is 89.0 cm³/mol. The molecule has 0 saturated carbocycles. The zero-order chi connectivity index (χ0) is 14.9. The molecule has 4 rings (SSSR count). The Morgan fingerprint density at radius 3 is 2.77 bits per heavy atom. The van der Waals surface area contributed by atoms with E-state index >= 15 is 0 Å². The molecule has 1 aliphatic rings. The van der Waals surface area contributed by atoms with Crippen LogP contribution in [0, 0.1) is 0 Å². The van der Waals surface area contributed by atoms with Crippen LogP contribution in [-0.4, -0.2) is 16.9 Å². The van der Waals surface area contributed by atoms with Gasteiger partial charge >= 0.3 is 0 Å². The van der Waals surface area contributed by atoms with Crippen molar-refractivity contribution in [3.05, 3.63) is 59.7 Å². The number of benzene rings is 2. The van der Waals surface area contributed by atoms with Crippen LogP contribution < -0.4 is 10.6 Å². The molecule has 0 spiro atoms. The fraction of sp³-hybridized carbons (Fsp3) is 0.176. The van der Waals surface area contributed by atoms with Crippen LogP contribution in [0.25, 0.3) is 10.2 Å². The van der Waals surface area contributed by atoms with Gasteiger partial charge in [0.2, 0.25) is 5.91 Å². The molecule has 22 heavy (non-hydrogen) atoms. The van der Waals surface area contributed by atoms with Gasteiger partial charge in [0.1, 0.15) is 0 Å². The number of hydrogen-bond acceptors (Lipinski definition) is 4. The highest BCUT2D eigenvalue weighted by atomic mass is 32.1. The highest BCUT2D eigenvalue weighted by molar-refractivity contribution is 7.22. The van der Waals surface area contributed by atoms with E-state index in [-0.39, 0.29) is 11.9 Å². The number of carbonyl (C=O) groups excluding carboxylic acids is 1. The molecular weight excluding hydrogens is 294 g/mol. The molecule has 0 radical (unpaired) electrons. The maximum Gasteiger partial charge on any atom is 0.243 e. The molecule has 0 saturated heterocycles. The number of nitrogens with one attached hydrogen (secondary N) is 2. The fourth-order valence-corrected chi connectivity index (χ4v) is 3.63. The van der Waals surface area contributed by atoms with E-state index in [0.29, 0.717) is 11.6 Å². The van der Waals surface area contributed by atoms with Gasteiger partial charge in [0.25, 0.3) is 0 Å². The summed E-state index contributed by atoms with van der Waals surface area (Å²) < 4.78 is 1.08. The molecule has 110 valence electrons. The molecule has 2 aromatic carbocycles. The zero-order valence-electron chi connectivity index (χ0n) is 11.9. The number of para-hydroxylation sites is 1. The summed E-state index contributed by atoms with van der Waals surface area (Å²) in [7, 11) is 0. The molecule has 1 atom stereocenters. The molecule has 0 fully saturated rings. The van der Waals surface area contributed by atoms with Crippen molar-refractivity contribution in [2.75, 3.05) is 5.32 Å². The monoisotopic (exact) mass is 309 g/mol. The number of aromatic nitrogens is 1. The molecule has 1 amide bonds. The summed E-state index contributed by atoms with van der Waals surface area (Å²) in [6.07, 6.45) is 0.715. The predicted octanol–water partition coefficient (Wildman–Crippen LogP) is 2.95. The lowest BCUT2D eigenvalue weighted by atomic mass is 9.95. The summed E-state index contributed by atoms with van der Waals surface area (Å²) in [5.41, 5.74) is 3.43. The summed E-state index contributed by atoms with van der Waals surface area (Å²) in [4.78, 5) is 16.9. The van der Waals surface area contributed by atoms with Crippen molar-refractivity contribution in [1.29, 1.82) is 0 Å². The topological polar surface area (TPSA) is 54.0 Å². The molecular formula is C17H15N3OS. The number of amides is 1. The van der Waals surface area contributed by atoms with E-state index in [2.05, 4.69) is 27.8 Å². The summed E-state index contributed by atoms with van der Waals surface area (Å²) >= 11 is 1.50. The van der Waals surface area contributed by atoms with Gasteiger partial charge in [-0.3, -0.25) is 4.79 Å². The molecule has 1 unspecified atom stereocenters. The normalized spacial score (nSPS) is 17.2. The van der Waals surface area contributed by atoms with Crippen LogP contribution in [0.3, 0.4) is 0 Å². The van der Waals surface area contributed by atoms with Crippen LogP contribution in [0.15, 0.2) is 48.5 Å². The quantitative estimate of drug-likeness (QED) is 0.765. The van der Waals surface area contributed by atoms with Gasteiger partial charge in [0, 0.05) is 6.54 Å². The van der Waals surface area contributed by atoms with Crippen molar-refractivity contribution in [3.63, 3.8) is 0 Å². The standard InChI is InChI=1S/C17H15N3OS/c21-16(14-9-11-5-1-2-6-12(11)10-18-14)20-17-19-13-7-3-4-8-15(13)22-17/h1-8,14,18H,9-10H2,(H,19,20,21). The first-order chi connectivity index (χ1) is 10.8. The number of rotatable bonds is 2. The molecule has 2 N–H and O–H groups in total. The molecule has 3 aromatic rings. The Balaban J connectivity index is 1.51. The van der Waals surface area contributed by atoms with Crippen LogP contribution in [-0.2, 0) is 17.8 Å². The Bertz CT molecular complexity index is 810. The van der Waals surface area contributed by atoms with Gasteiger partial charge in [-0.2, -0.15) is 0 Å². The SMILES string of the molecule is O=C(Nc1nc2ccccc2s1)C1Cc2ccccc2CN1. The smallest absolute Gasteiger partial charge is 0.243 e. The first kappa shape index (κ1) is 13.4. The van der Waals surface area contributed by atoms with E-state index in [4.69, 9.17) is 0 Å². The minimum Gasteiger partial charge on any atom is -0.301 e. The lowest BCUT2D eigenvalue weighted by molar-refractivity contribution is -0.118. The summed E-state index contributed by atoms with van der Waals surface area (Å²) in [5.74, 6) is -0.0199. The first-order valence-electron chi connectivity index (χ1n) is 7.26. The van der Waals surface area contributed by atoms with E-state index in [0.717, 1.165) is 16.8 Å². The highest BCUT2D eigenvalue weighted by Crippen LogP contribution is 2.26. The van der Waals surface area contributed by atoms with Gasteiger partial charge in [-0.05, 0) is 29.7 Å². The van der Waals surface area contributed by atoms with Gasteiger partial charge in [-0.15, -0.1) is 0 Å². The number of nitrogens with zero attached hydrogens (tertiary/aromatic N) is 1. The van der Waals surface area contributed by atoms with E-state index in [1.54, 1.807) is 0 Å². The van der Waals surface area contributed by atoms with Crippen LogP contribution in [0.2, 0.25) is 0 Å². The van der Waals surface area contributed by atoms with Crippen LogP contribution in [0.5, 0.6) is 0 Å². The fourth-order valence-electron chi connectivity index (χ4n) is 2.76. The summed E-state index contributed by atoms with van der Waals surface area (Å²) in [6.45, 7) is 0.730. The third kappa shape index (κ3) is 2.49. The number of hydrogen-bond donors (Lipinski definition) is 2. The molecule has 0 aliphatic carbocycles. The molecule has 4 nitrogen and oxygen atoms in total. The second-order valence-corrected chi connectivity index (χ2v) is 6.41. The Labute approximate surface area is 132 Å². The lowest BCUT2D eigenvalue weighted by Crippen LogP contribution is -2.44. The third-order valence-electron chi connectivity index (χ3n) is 3.92. The summed E-state index contributed by atoms with van der Waals surface area (Å²) in [6, 6.07) is 15.9. The van der Waals surface area contributed by atoms with Gasteiger partial charge in [0.05, 0.1) is 16.3 Å². The van der Waals surface area contributed by atoms with Crippen molar-refractivity contribution >= 4 is 32.6 Å². The number of carbonyl (C=O) groups is 1. The van der Waals surface area contributed by atoms with Gasteiger partial charge < -0.3 is 10.6 Å². The van der Waals surface area contributed by atoms with Crippen molar-refractivity contribution in [2.24, 2.45) is 0 Å².